The molecule has 2 rings (SSSR count). The second kappa shape index (κ2) is 7.72. The molecule has 0 aliphatic rings. The number of hydrogen-bond donors (Lipinski definition) is 2. The highest BCUT2D eigenvalue weighted by Gasteiger charge is 2.12. The number of rotatable bonds is 3. The Kier molecular flexibility index (Phi) is 6.19. The number of benzene rings is 2. The van der Waals surface area contributed by atoms with Gasteiger partial charge in [-0.3, -0.25) is 4.79 Å². The van der Waals surface area contributed by atoms with Gasteiger partial charge in [-0.05, 0) is 66.0 Å². The molecular weight excluding hydrogens is 548 g/mol. The number of phenolic OH excluding ortho intramolecular Hbond substituents is 1. The fourth-order valence-corrected chi connectivity index (χ4v) is 4.36. The minimum absolute atomic E-state index is 0.0572. The van der Waals surface area contributed by atoms with Crippen LogP contribution in [-0.2, 0) is 0 Å². The van der Waals surface area contributed by atoms with Crippen molar-refractivity contribution in [1.29, 1.82) is 0 Å². The van der Waals surface area contributed by atoms with Crippen LogP contribution in [-0.4, -0.2) is 17.2 Å². The van der Waals surface area contributed by atoms with Crippen LogP contribution in [0.4, 0.5) is 0 Å². The van der Waals surface area contributed by atoms with Gasteiger partial charge in [0.2, 0.25) is 0 Å². The molecule has 0 fully saturated rings. The van der Waals surface area contributed by atoms with Crippen molar-refractivity contribution in [2.75, 3.05) is 0 Å². The minimum atomic E-state index is -0.336. The maximum absolute atomic E-state index is 12.0. The molecule has 1 amide bonds. The average molecular weight is 556 g/mol. The van der Waals surface area contributed by atoms with Crippen LogP contribution in [0.15, 0.2) is 53.3 Å². The Labute approximate surface area is 160 Å². The van der Waals surface area contributed by atoms with Crippen LogP contribution in [0.1, 0.15) is 15.9 Å². The van der Waals surface area contributed by atoms with Gasteiger partial charge in [-0.1, -0.05) is 28.1 Å². The van der Waals surface area contributed by atoms with Crippen LogP contribution in [0.25, 0.3) is 0 Å². The Hall–Kier alpha value is -0.700. The molecule has 2 aromatic rings. The second-order valence-electron chi connectivity index (χ2n) is 4.10. The van der Waals surface area contributed by atoms with Gasteiger partial charge in [0.1, 0.15) is 5.75 Å². The van der Waals surface area contributed by atoms with Gasteiger partial charge in [0, 0.05) is 14.5 Å². The summed E-state index contributed by atoms with van der Waals surface area (Å²) < 4.78 is 2.41. The van der Waals surface area contributed by atoms with Gasteiger partial charge in [-0.2, -0.15) is 5.10 Å². The monoisotopic (exact) mass is 552 g/mol. The van der Waals surface area contributed by atoms with E-state index in [1.807, 2.05) is 6.07 Å². The quantitative estimate of drug-likeness (QED) is 0.404. The summed E-state index contributed by atoms with van der Waals surface area (Å²) in [4.78, 5) is 12.0. The molecular formula is C14H8Br4N2O2. The zero-order valence-corrected chi connectivity index (χ0v) is 17.1. The molecule has 22 heavy (non-hydrogen) atoms. The Morgan fingerprint density at radius 3 is 2.45 bits per heavy atom. The standard InChI is InChI=1S/C14H8Br4N2O2/c15-9-4-2-1-3-7(9)14(22)20-19-6-8-10(16)5-11(17)13(21)12(8)18/h1-6,21H,(H,20,22). The summed E-state index contributed by atoms with van der Waals surface area (Å²) in [5.74, 6) is -0.279. The third kappa shape index (κ3) is 3.98. The Morgan fingerprint density at radius 1 is 1.09 bits per heavy atom. The maximum Gasteiger partial charge on any atom is 0.272 e. The summed E-state index contributed by atoms with van der Waals surface area (Å²) in [5, 5.41) is 13.8. The molecule has 0 heterocycles. The van der Waals surface area contributed by atoms with Crippen molar-refractivity contribution in [1.82, 2.24) is 5.43 Å². The number of carbonyl (C=O) groups is 1. The lowest BCUT2D eigenvalue weighted by Crippen LogP contribution is -2.18. The van der Waals surface area contributed by atoms with Crippen LogP contribution < -0.4 is 5.43 Å². The van der Waals surface area contributed by atoms with Gasteiger partial charge in [-0.25, -0.2) is 5.43 Å². The Morgan fingerprint density at radius 2 is 1.77 bits per heavy atom. The van der Waals surface area contributed by atoms with Crippen molar-refractivity contribution in [2.45, 2.75) is 0 Å². The Balaban J connectivity index is 2.19. The first kappa shape index (κ1) is 17.7. The molecule has 114 valence electrons. The van der Waals surface area contributed by atoms with E-state index in [0.717, 1.165) is 0 Å². The molecule has 0 spiro atoms. The molecule has 0 aliphatic heterocycles. The van der Waals surface area contributed by atoms with E-state index in [4.69, 9.17) is 0 Å². The van der Waals surface area contributed by atoms with Gasteiger partial charge in [0.25, 0.3) is 5.91 Å². The van der Waals surface area contributed by atoms with Crippen LogP contribution in [0.3, 0.4) is 0 Å². The number of hydrazone groups is 1. The highest BCUT2D eigenvalue weighted by molar-refractivity contribution is 9.11. The average Bonchev–Trinajstić information content (AvgIpc) is 2.48. The summed E-state index contributed by atoms with van der Waals surface area (Å²) in [6.07, 6.45) is 1.44. The lowest BCUT2D eigenvalue weighted by molar-refractivity contribution is 0.0954. The summed E-state index contributed by atoms with van der Waals surface area (Å²) >= 11 is 13.2. The third-order valence-electron chi connectivity index (χ3n) is 2.66. The molecule has 0 saturated carbocycles. The summed E-state index contributed by atoms with van der Waals surface area (Å²) in [7, 11) is 0. The fourth-order valence-electron chi connectivity index (χ4n) is 1.57. The first-order valence-electron chi connectivity index (χ1n) is 5.86. The number of phenols is 1. The van der Waals surface area contributed by atoms with Crippen molar-refractivity contribution in [3.05, 3.63) is 59.3 Å². The number of nitrogens with one attached hydrogen (secondary N) is 1. The highest BCUT2D eigenvalue weighted by Crippen LogP contribution is 2.38. The van der Waals surface area contributed by atoms with Gasteiger partial charge in [-0.15, -0.1) is 0 Å². The first-order chi connectivity index (χ1) is 10.4. The normalized spacial score (nSPS) is 10.9. The lowest BCUT2D eigenvalue weighted by Gasteiger charge is -2.07. The number of nitrogens with zero attached hydrogens (tertiary/aromatic N) is 1. The molecule has 0 atom stereocenters. The molecule has 2 aromatic carbocycles. The largest absolute Gasteiger partial charge is 0.506 e. The highest BCUT2D eigenvalue weighted by atomic mass is 79.9. The molecule has 4 nitrogen and oxygen atoms in total. The SMILES string of the molecule is O=C(NN=Cc1c(Br)cc(Br)c(O)c1Br)c1ccccc1Br. The smallest absolute Gasteiger partial charge is 0.272 e. The van der Waals surface area contributed by atoms with Gasteiger partial charge in [0.15, 0.2) is 0 Å². The van der Waals surface area contributed by atoms with E-state index in [1.165, 1.54) is 6.21 Å². The second-order valence-corrected chi connectivity index (χ2v) is 7.45. The lowest BCUT2D eigenvalue weighted by atomic mass is 10.2. The summed E-state index contributed by atoms with van der Waals surface area (Å²) in [6.45, 7) is 0. The van der Waals surface area contributed by atoms with Crippen molar-refractivity contribution in [3.8, 4) is 5.75 Å². The van der Waals surface area contributed by atoms with Crippen molar-refractivity contribution >= 4 is 75.8 Å². The van der Waals surface area contributed by atoms with Crippen LogP contribution in [0.2, 0.25) is 0 Å². The predicted molar refractivity (Wildman–Crippen MR) is 100 cm³/mol. The van der Waals surface area contributed by atoms with Gasteiger partial charge < -0.3 is 5.11 Å². The molecule has 0 unspecified atom stereocenters. The molecule has 0 saturated heterocycles. The molecule has 0 radical (unpaired) electrons. The maximum atomic E-state index is 12.0. The van der Waals surface area contributed by atoms with Crippen molar-refractivity contribution in [2.24, 2.45) is 5.10 Å². The fraction of sp³-hybridized carbons (Fsp3) is 0. The van der Waals surface area contributed by atoms with E-state index in [0.29, 0.717) is 29.0 Å². The van der Waals surface area contributed by atoms with Gasteiger partial charge in [0.05, 0.1) is 20.7 Å². The first-order valence-corrected chi connectivity index (χ1v) is 9.03. The minimum Gasteiger partial charge on any atom is -0.506 e. The summed E-state index contributed by atoms with van der Waals surface area (Å²) in [6, 6.07) is 8.74. The van der Waals surface area contributed by atoms with E-state index in [1.54, 1.807) is 24.3 Å². The zero-order chi connectivity index (χ0) is 16.3. The number of halogens is 4. The molecule has 0 aromatic heterocycles. The van der Waals surface area contributed by atoms with E-state index in [2.05, 4.69) is 74.2 Å². The van der Waals surface area contributed by atoms with E-state index >= 15 is 0 Å². The topological polar surface area (TPSA) is 61.7 Å². The summed E-state index contributed by atoms with van der Waals surface area (Å²) in [5.41, 5.74) is 3.53. The van der Waals surface area contributed by atoms with Crippen LogP contribution in [0.5, 0.6) is 5.75 Å². The van der Waals surface area contributed by atoms with E-state index < -0.39 is 0 Å². The number of amides is 1. The molecule has 8 heteroatoms. The number of aromatic hydroxyl groups is 1. The van der Waals surface area contributed by atoms with Gasteiger partial charge >= 0.3 is 0 Å². The molecule has 0 aliphatic carbocycles. The third-order valence-corrected chi connectivity index (χ3v) is 5.41. The molecule has 0 bridgehead atoms. The predicted octanol–water partition coefficient (Wildman–Crippen LogP) is 5.21. The van der Waals surface area contributed by atoms with Crippen molar-refractivity contribution < 1.29 is 9.90 Å². The van der Waals surface area contributed by atoms with E-state index in [9.17, 15) is 9.90 Å². The Bertz CT molecular complexity index is 763. The number of hydrogen-bond acceptors (Lipinski definition) is 3. The molecule has 2 N–H and O–H groups in total. The zero-order valence-electron chi connectivity index (χ0n) is 10.8. The van der Waals surface area contributed by atoms with Crippen LogP contribution >= 0.6 is 63.7 Å². The van der Waals surface area contributed by atoms with Crippen molar-refractivity contribution in [3.63, 3.8) is 0 Å². The number of carbonyl (C=O) groups excluding carboxylic acids is 1. The van der Waals surface area contributed by atoms with Crippen LogP contribution in [0, 0.1) is 0 Å². The van der Waals surface area contributed by atoms with E-state index in [-0.39, 0.29) is 11.7 Å².